The van der Waals surface area contributed by atoms with E-state index in [-0.39, 0.29) is 6.10 Å². The summed E-state index contributed by atoms with van der Waals surface area (Å²) >= 11 is 0. The summed E-state index contributed by atoms with van der Waals surface area (Å²) in [6.45, 7) is 0.406. The van der Waals surface area contributed by atoms with Crippen LogP contribution in [0.1, 0.15) is 24.8 Å². The molecule has 0 amide bonds. The molecular weight excluding hydrogens is 336 g/mol. The smallest absolute Gasteiger partial charge is 0.431 e. The highest BCUT2D eigenvalue weighted by atomic mass is 16.8. The minimum absolute atomic E-state index is 0.0640. The lowest BCUT2D eigenvalue weighted by Gasteiger charge is -2.24. The van der Waals surface area contributed by atoms with Gasteiger partial charge in [0.05, 0.1) is 5.52 Å². The highest BCUT2D eigenvalue weighted by molar-refractivity contribution is 5.92. The third-order valence-electron chi connectivity index (χ3n) is 4.49. The lowest BCUT2D eigenvalue weighted by molar-refractivity contribution is -0.0433. The molecule has 0 spiro atoms. The van der Waals surface area contributed by atoms with Gasteiger partial charge in [0.15, 0.2) is 0 Å². The molecule has 2 aromatic rings. The van der Waals surface area contributed by atoms with Gasteiger partial charge in [0.1, 0.15) is 6.10 Å². The number of fused-ring (bicyclic) bond motifs is 1. The van der Waals surface area contributed by atoms with Gasteiger partial charge in [-0.3, -0.25) is 4.57 Å². The predicted molar refractivity (Wildman–Crippen MR) is 96.1 cm³/mol. The molecule has 0 atom stereocenters. The lowest BCUT2D eigenvalue weighted by atomic mass is 9.96. The van der Waals surface area contributed by atoms with Crippen molar-refractivity contribution in [3.05, 3.63) is 36.0 Å². The van der Waals surface area contributed by atoms with Crippen LogP contribution in [0.2, 0.25) is 0 Å². The van der Waals surface area contributed by atoms with E-state index >= 15 is 0 Å². The Labute approximate surface area is 152 Å². The van der Waals surface area contributed by atoms with Crippen LogP contribution in [0.3, 0.4) is 0 Å². The molecule has 1 aliphatic carbocycles. The maximum absolute atomic E-state index is 12.4. The van der Waals surface area contributed by atoms with Gasteiger partial charge < -0.3 is 19.1 Å². The summed E-state index contributed by atoms with van der Waals surface area (Å²) in [4.78, 5) is 26.0. The fourth-order valence-corrected chi connectivity index (χ4v) is 2.80. The van der Waals surface area contributed by atoms with Gasteiger partial charge in [0.2, 0.25) is 6.79 Å². The Balaban J connectivity index is 1.61. The average molecular weight is 360 g/mol. The molecule has 7 nitrogen and oxygen atoms in total. The molecule has 0 bridgehead atoms. The minimum atomic E-state index is -0.800. The van der Waals surface area contributed by atoms with Crippen molar-refractivity contribution in [3.63, 3.8) is 0 Å². The molecule has 3 rings (SSSR count). The van der Waals surface area contributed by atoms with E-state index in [1.54, 1.807) is 6.20 Å². The van der Waals surface area contributed by atoms with E-state index in [9.17, 15) is 9.59 Å². The Morgan fingerprint density at radius 2 is 1.96 bits per heavy atom. The Hall–Kier alpha value is -2.54. The van der Waals surface area contributed by atoms with Crippen LogP contribution < -0.4 is 0 Å². The molecule has 1 saturated carbocycles. The fourth-order valence-electron chi connectivity index (χ4n) is 2.80. The summed E-state index contributed by atoms with van der Waals surface area (Å²) in [6, 6.07) is 7.66. The summed E-state index contributed by atoms with van der Waals surface area (Å²) in [6.07, 6.45) is 3.93. The number of hydrogen-bond acceptors (Lipinski definition) is 6. The van der Waals surface area contributed by atoms with Crippen LogP contribution in [-0.4, -0.2) is 55.3 Å². The molecule has 26 heavy (non-hydrogen) atoms. The molecule has 0 radical (unpaired) electrons. The first kappa shape index (κ1) is 18.3. The van der Waals surface area contributed by atoms with Crippen molar-refractivity contribution in [1.29, 1.82) is 0 Å². The summed E-state index contributed by atoms with van der Waals surface area (Å²) in [5, 5.41) is 1.01. The van der Waals surface area contributed by atoms with Crippen molar-refractivity contribution >= 4 is 23.2 Å². The van der Waals surface area contributed by atoms with Gasteiger partial charge in [-0.05, 0) is 51.4 Å². The molecule has 1 aromatic heterocycles. The van der Waals surface area contributed by atoms with Crippen molar-refractivity contribution in [3.8, 4) is 0 Å². The number of hydrogen-bond donors (Lipinski definition) is 0. The van der Waals surface area contributed by atoms with Gasteiger partial charge in [0, 0.05) is 18.1 Å². The lowest BCUT2D eigenvalue weighted by Crippen LogP contribution is -2.26. The first-order valence-electron chi connectivity index (χ1n) is 8.79. The van der Waals surface area contributed by atoms with E-state index in [4.69, 9.17) is 14.2 Å². The molecule has 140 valence electrons. The topological polar surface area (TPSA) is 70.0 Å². The third kappa shape index (κ3) is 4.35. The van der Waals surface area contributed by atoms with Gasteiger partial charge >= 0.3 is 12.2 Å². The zero-order chi connectivity index (χ0) is 18.5. The van der Waals surface area contributed by atoms with Gasteiger partial charge in [-0.2, -0.15) is 0 Å². The van der Waals surface area contributed by atoms with Crippen LogP contribution in [-0.2, 0) is 20.6 Å². The molecular formula is C19H24N2O5. The molecule has 0 unspecified atom stereocenters. The standard InChI is InChI=1S/C19H24N2O5/c1-20(2)11-10-14-12-21(17-9-4-3-8-16(14)17)18(22)24-13-25-19(23)26-15-6-5-7-15/h3-4,8-9,12,15H,5-7,10-11,13H2,1-2H3. The number of ether oxygens (including phenoxy) is 3. The minimum Gasteiger partial charge on any atom is -0.431 e. The van der Waals surface area contributed by atoms with Crippen molar-refractivity contribution in [1.82, 2.24) is 9.47 Å². The van der Waals surface area contributed by atoms with Gasteiger partial charge in [-0.1, -0.05) is 18.2 Å². The summed E-state index contributed by atoms with van der Waals surface area (Å²) in [5.74, 6) is 0. The van der Waals surface area contributed by atoms with E-state index in [2.05, 4.69) is 4.90 Å². The Kier molecular flexibility index (Phi) is 5.78. The summed E-state index contributed by atoms with van der Waals surface area (Å²) < 4.78 is 16.4. The second-order valence-corrected chi connectivity index (χ2v) is 6.69. The van der Waals surface area contributed by atoms with Crippen LogP contribution in [0.5, 0.6) is 0 Å². The number of benzene rings is 1. The number of carbonyl (C=O) groups excluding carboxylic acids is 2. The van der Waals surface area contributed by atoms with Gasteiger partial charge in [-0.15, -0.1) is 0 Å². The van der Waals surface area contributed by atoms with E-state index in [0.717, 1.165) is 48.7 Å². The van der Waals surface area contributed by atoms with E-state index in [1.165, 1.54) is 4.57 Å². The molecule has 0 saturated heterocycles. The van der Waals surface area contributed by atoms with E-state index in [0.29, 0.717) is 0 Å². The van der Waals surface area contributed by atoms with Crippen molar-refractivity contribution in [2.75, 3.05) is 27.4 Å². The predicted octanol–water partition coefficient (Wildman–Crippen LogP) is 3.39. The second kappa shape index (κ2) is 8.23. The maximum Gasteiger partial charge on any atom is 0.511 e. The van der Waals surface area contributed by atoms with Crippen LogP contribution in [0.4, 0.5) is 9.59 Å². The number of para-hydroxylation sites is 1. The van der Waals surface area contributed by atoms with Crippen LogP contribution in [0.15, 0.2) is 30.5 Å². The van der Waals surface area contributed by atoms with Crippen LogP contribution in [0.25, 0.3) is 10.9 Å². The van der Waals surface area contributed by atoms with E-state index < -0.39 is 19.0 Å². The number of nitrogens with zero attached hydrogens (tertiary/aromatic N) is 2. The number of likely N-dealkylation sites (N-methyl/N-ethyl adjacent to an activating group) is 1. The fraction of sp³-hybridized carbons (Fsp3) is 0.474. The number of rotatable bonds is 6. The normalized spacial score (nSPS) is 14.3. The first-order valence-corrected chi connectivity index (χ1v) is 8.79. The average Bonchev–Trinajstić information content (AvgIpc) is 2.95. The maximum atomic E-state index is 12.4. The SMILES string of the molecule is CN(C)CCc1cn(C(=O)OCOC(=O)OC2CCC2)c2ccccc12. The Bertz CT molecular complexity index is 779. The highest BCUT2D eigenvalue weighted by Crippen LogP contribution is 2.23. The van der Waals surface area contributed by atoms with Crippen molar-refractivity contribution in [2.45, 2.75) is 31.8 Å². The van der Waals surface area contributed by atoms with Crippen LogP contribution in [0, 0.1) is 0 Å². The second-order valence-electron chi connectivity index (χ2n) is 6.69. The van der Waals surface area contributed by atoms with E-state index in [1.807, 2.05) is 38.4 Å². The Morgan fingerprint density at radius 3 is 2.65 bits per heavy atom. The molecule has 1 aromatic carbocycles. The molecule has 1 fully saturated rings. The quantitative estimate of drug-likeness (QED) is 0.581. The van der Waals surface area contributed by atoms with Crippen molar-refractivity contribution in [2.24, 2.45) is 0 Å². The van der Waals surface area contributed by atoms with Crippen molar-refractivity contribution < 1.29 is 23.8 Å². The highest BCUT2D eigenvalue weighted by Gasteiger charge is 2.23. The van der Waals surface area contributed by atoms with Gasteiger partial charge in [-0.25, -0.2) is 9.59 Å². The third-order valence-corrected chi connectivity index (χ3v) is 4.49. The summed E-state index contributed by atoms with van der Waals surface area (Å²) in [7, 11) is 4.01. The molecule has 0 N–H and O–H groups in total. The van der Waals surface area contributed by atoms with Gasteiger partial charge in [0.25, 0.3) is 0 Å². The molecule has 7 heteroatoms. The van der Waals surface area contributed by atoms with Crippen LogP contribution >= 0.6 is 0 Å². The molecule has 1 aliphatic rings. The molecule has 1 heterocycles. The zero-order valence-corrected chi connectivity index (χ0v) is 15.1. The zero-order valence-electron chi connectivity index (χ0n) is 15.1. The largest absolute Gasteiger partial charge is 0.511 e. The first-order chi connectivity index (χ1) is 12.5. The number of aromatic nitrogens is 1. The summed E-state index contributed by atoms with van der Waals surface area (Å²) in [5.41, 5.74) is 1.83. The number of carbonyl (C=O) groups is 2. The Morgan fingerprint density at radius 1 is 1.19 bits per heavy atom. The molecule has 0 aliphatic heterocycles. The monoisotopic (exact) mass is 360 g/mol.